The Hall–Kier alpha value is -7.54. The average Bonchev–Trinajstić information content (AvgIpc) is 3.64. The van der Waals surface area contributed by atoms with E-state index in [1.807, 2.05) is 30.7 Å². The van der Waals surface area contributed by atoms with Crippen LogP contribution in [0.5, 0.6) is 11.5 Å². The molecule has 13 rings (SSSR count). The Kier molecular flexibility index (Phi) is 7.03. The molecule has 3 aromatic heterocycles. The first-order valence-electron chi connectivity index (χ1n) is 21.0. The van der Waals surface area contributed by atoms with Crippen molar-refractivity contribution in [2.24, 2.45) is 0 Å². The van der Waals surface area contributed by atoms with Gasteiger partial charge in [0, 0.05) is 23.5 Å². The summed E-state index contributed by atoms with van der Waals surface area (Å²) in [5.41, 5.74) is 14.6. The van der Waals surface area contributed by atoms with Gasteiger partial charge in [-0.3, -0.25) is 9.97 Å². The van der Waals surface area contributed by atoms with E-state index < -0.39 is 13.5 Å². The number of rotatable bonds is 2. The molecule has 0 atom stereocenters. The molecule has 7 aromatic carbocycles. The van der Waals surface area contributed by atoms with Crippen LogP contribution < -0.4 is 30.4 Å². The lowest BCUT2D eigenvalue weighted by atomic mass is 9.61. The normalized spacial score (nSPS) is 14.8. The van der Waals surface area contributed by atoms with E-state index in [0.29, 0.717) is 0 Å². The number of aryl methyl sites for hydroxylation is 2. The summed E-state index contributed by atoms with van der Waals surface area (Å²) in [4.78, 5) is 12.0. The summed E-state index contributed by atoms with van der Waals surface area (Å²) in [5, 5.41) is 6.49. The van der Waals surface area contributed by atoms with Crippen molar-refractivity contribution >= 4 is 67.8 Å². The summed E-state index contributed by atoms with van der Waals surface area (Å²) in [6.07, 6.45) is 5.64. The highest BCUT2D eigenvalue weighted by atomic mass is 28.3. The predicted octanol–water partition coefficient (Wildman–Crippen LogP) is 10.2. The lowest BCUT2D eigenvalue weighted by molar-refractivity contribution is 0.487. The fourth-order valence-corrected chi connectivity index (χ4v) is 16.8. The number of fused-ring (bicyclic) bond motifs is 17. The van der Waals surface area contributed by atoms with Crippen molar-refractivity contribution < 1.29 is 4.74 Å². The average molecular weight is 799 g/mol. The molecule has 3 aliphatic rings. The van der Waals surface area contributed by atoms with Crippen LogP contribution in [0.2, 0.25) is 0 Å². The zero-order valence-electron chi connectivity index (χ0n) is 33.7. The second-order valence-electron chi connectivity index (χ2n) is 16.7. The van der Waals surface area contributed by atoms with Gasteiger partial charge in [-0.25, -0.2) is 0 Å². The standard InChI is InChI=1S/C55H38N4OSi/c1-35-23-26-45-42(31-35)55(40-14-3-7-19-50(40)61(51-20-8-4-15-41(51)55)52-21-9-5-17-48(52)60-49-18-6-10-22-53(49)61)43-32-36(2)24-27-46(43)58(45)37-25-28-44-39(33-37)54-47(16-12-30-57-54)59(44)38-13-11-29-56-34-38/h3-34H,1-2H3. The van der Waals surface area contributed by atoms with E-state index in [4.69, 9.17) is 9.72 Å². The topological polar surface area (TPSA) is 43.2 Å². The van der Waals surface area contributed by atoms with Crippen LogP contribution in [0.4, 0.5) is 17.1 Å². The molecule has 0 saturated heterocycles. The van der Waals surface area contributed by atoms with Gasteiger partial charge in [-0.2, -0.15) is 0 Å². The van der Waals surface area contributed by atoms with Gasteiger partial charge < -0.3 is 14.2 Å². The van der Waals surface area contributed by atoms with Gasteiger partial charge in [0.1, 0.15) is 11.5 Å². The van der Waals surface area contributed by atoms with Crippen LogP contribution in [0, 0.1) is 13.8 Å². The Bertz CT molecular complexity index is 3310. The van der Waals surface area contributed by atoms with Gasteiger partial charge in [-0.1, -0.05) is 120 Å². The quantitative estimate of drug-likeness (QED) is 0.163. The highest BCUT2D eigenvalue weighted by Gasteiger charge is 2.60. The van der Waals surface area contributed by atoms with E-state index in [1.165, 1.54) is 65.5 Å². The molecule has 6 heteroatoms. The molecular weight excluding hydrogens is 761 g/mol. The number of para-hydroxylation sites is 2. The first-order chi connectivity index (χ1) is 30.1. The molecule has 3 aliphatic heterocycles. The van der Waals surface area contributed by atoms with E-state index in [2.05, 4.69) is 192 Å². The van der Waals surface area contributed by atoms with Crippen LogP contribution in [0.15, 0.2) is 195 Å². The summed E-state index contributed by atoms with van der Waals surface area (Å²) in [6.45, 7) is 4.47. The van der Waals surface area contributed by atoms with Gasteiger partial charge in [0.2, 0.25) is 0 Å². The summed E-state index contributed by atoms with van der Waals surface area (Å²) in [7, 11) is -2.95. The van der Waals surface area contributed by atoms with Gasteiger partial charge in [0.25, 0.3) is 0 Å². The lowest BCUT2D eigenvalue weighted by Crippen LogP contribution is -2.80. The van der Waals surface area contributed by atoms with Crippen LogP contribution in [0.1, 0.15) is 33.4 Å². The van der Waals surface area contributed by atoms with Gasteiger partial charge in [0.15, 0.2) is 8.07 Å². The molecular formula is C55H38N4OSi. The lowest BCUT2D eigenvalue weighted by Gasteiger charge is -2.54. The zero-order chi connectivity index (χ0) is 40.5. The number of aromatic nitrogens is 3. The highest BCUT2D eigenvalue weighted by Crippen LogP contribution is 2.59. The fourth-order valence-electron chi connectivity index (χ4n) is 11.3. The first-order valence-corrected chi connectivity index (χ1v) is 23.0. The molecule has 10 aromatic rings. The van der Waals surface area contributed by atoms with E-state index in [-0.39, 0.29) is 0 Å². The predicted molar refractivity (Wildman–Crippen MR) is 250 cm³/mol. The molecule has 0 bridgehead atoms. The SMILES string of the molecule is Cc1ccc2c(c1)C1(c3cc(C)ccc3N2c2ccc3c(c2)c2ncccc2n3-c2cccnc2)c2ccccc2[Si]2(c3ccccc3Oc3ccccc32)c2ccccc21. The summed E-state index contributed by atoms with van der Waals surface area (Å²) in [6, 6.07) is 65.6. The Morgan fingerprint density at radius 3 is 1.70 bits per heavy atom. The van der Waals surface area contributed by atoms with E-state index in [0.717, 1.165) is 44.8 Å². The molecule has 2 spiro atoms. The van der Waals surface area contributed by atoms with Crippen molar-refractivity contribution in [2.75, 3.05) is 4.90 Å². The number of pyridine rings is 2. The number of ether oxygens (including phenoxy) is 1. The molecule has 61 heavy (non-hydrogen) atoms. The Balaban J connectivity index is 1.14. The van der Waals surface area contributed by atoms with Crippen molar-refractivity contribution in [3.63, 3.8) is 0 Å². The van der Waals surface area contributed by atoms with Crippen molar-refractivity contribution in [3.05, 3.63) is 228 Å². The monoisotopic (exact) mass is 798 g/mol. The number of benzene rings is 7. The second kappa shape index (κ2) is 12.5. The van der Waals surface area contributed by atoms with Crippen LogP contribution in [0.25, 0.3) is 27.6 Å². The maximum Gasteiger partial charge on any atom is 0.188 e. The number of hydrogen-bond acceptors (Lipinski definition) is 4. The van der Waals surface area contributed by atoms with E-state index in [1.54, 1.807) is 0 Å². The maximum absolute atomic E-state index is 6.78. The van der Waals surface area contributed by atoms with Crippen LogP contribution in [-0.4, -0.2) is 22.6 Å². The minimum atomic E-state index is -2.95. The molecule has 0 saturated carbocycles. The molecule has 0 N–H and O–H groups in total. The molecule has 288 valence electrons. The van der Waals surface area contributed by atoms with Crippen molar-refractivity contribution in [1.82, 2.24) is 14.5 Å². The third-order valence-corrected chi connectivity index (χ3v) is 18.5. The molecule has 5 nitrogen and oxygen atoms in total. The maximum atomic E-state index is 6.78. The number of nitrogens with zero attached hydrogens (tertiary/aromatic N) is 4. The summed E-state index contributed by atoms with van der Waals surface area (Å²) < 4.78 is 9.06. The Labute approximate surface area is 354 Å². The fraction of sp³-hybridized carbons (Fsp3) is 0.0545. The summed E-state index contributed by atoms with van der Waals surface area (Å²) >= 11 is 0. The Morgan fingerprint density at radius 1 is 0.492 bits per heavy atom. The van der Waals surface area contributed by atoms with E-state index >= 15 is 0 Å². The largest absolute Gasteiger partial charge is 0.458 e. The Morgan fingerprint density at radius 2 is 1.08 bits per heavy atom. The third kappa shape index (κ3) is 4.39. The minimum Gasteiger partial charge on any atom is -0.458 e. The van der Waals surface area contributed by atoms with Crippen molar-refractivity contribution in [2.45, 2.75) is 19.3 Å². The van der Waals surface area contributed by atoms with Crippen molar-refractivity contribution in [3.8, 4) is 17.2 Å². The molecule has 0 unspecified atom stereocenters. The second-order valence-corrected chi connectivity index (χ2v) is 20.3. The molecule has 0 fully saturated rings. The van der Waals surface area contributed by atoms with E-state index in [9.17, 15) is 0 Å². The smallest absolute Gasteiger partial charge is 0.188 e. The number of anilines is 3. The molecule has 0 aliphatic carbocycles. The van der Waals surface area contributed by atoms with Crippen molar-refractivity contribution in [1.29, 1.82) is 0 Å². The van der Waals surface area contributed by atoms with Crippen LogP contribution in [-0.2, 0) is 5.41 Å². The zero-order valence-corrected chi connectivity index (χ0v) is 34.7. The number of hydrogen-bond donors (Lipinski definition) is 0. The summed E-state index contributed by atoms with van der Waals surface area (Å²) in [5.74, 6) is 1.90. The van der Waals surface area contributed by atoms with Gasteiger partial charge >= 0.3 is 0 Å². The molecule has 0 amide bonds. The van der Waals surface area contributed by atoms with Gasteiger partial charge in [-0.15, -0.1) is 0 Å². The molecule has 6 heterocycles. The van der Waals surface area contributed by atoms with Gasteiger partial charge in [0.05, 0.1) is 45.2 Å². The van der Waals surface area contributed by atoms with Crippen LogP contribution >= 0.6 is 0 Å². The molecule has 0 radical (unpaired) electrons. The third-order valence-electron chi connectivity index (χ3n) is 13.5. The minimum absolute atomic E-state index is 0.630. The van der Waals surface area contributed by atoms with Crippen LogP contribution in [0.3, 0.4) is 0 Å². The highest BCUT2D eigenvalue weighted by molar-refractivity contribution is 7.21. The first kappa shape index (κ1) is 34.3. The van der Waals surface area contributed by atoms with Gasteiger partial charge in [-0.05, 0) is 124 Å².